The van der Waals surface area contributed by atoms with Crippen LogP contribution in [0.15, 0.2) is 51.7 Å². The van der Waals surface area contributed by atoms with Crippen LogP contribution in [0.2, 0.25) is 0 Å². The van der Waals surface area contributed by atoms with Gasteiger partial charge in [0.2, 0.25) is 5.78 Å². The first-order chi connectivity index (χ1) is 22.8. The highest BCUT2D eigenvalue weighted by Crippen LogP contribution is 2.30. The molecule has 0 aliphatic rings. The Balaban J connectivity index is 1.90. The van der Waals surface area contributed by atoms with Crippen molar-refractivity contribution in [3.8, 4) is 11.5 Å². The highest BCUT2D eigenvalue weighted by atomic mass is 16.5. The number of carboxylic acids is 4. The molecule has 0 amide bonds. The van der Waals surface area contributed by atoms with E-state index >= 15 is 0 Å². The molecule has 0 bridgehead atoms. The van der Waals surface area contributed by atoms with Gasteiger partial charge in [0.05, 0.1) is 26.2 Å². The number of nitrogens with zero attached hydrogens (tertiary/aromatic N) is 3. The first-order valence-corrected chi connectivity index (χ1v) is 14.9. The molecule has 0 spiro atoms. The number of benzene rings is 2. The highest BCUT2D eigenvalue weighted by Gasteiger charge is 2.21. The normalized spacial score (nSPS) is 11.1. The molecule has 2 aromatic carbocycles. The lowest BCUT2D eigenvalue weighted by molar-refractivity contribution is -0.143. The summed E-state index contributed by atoms with van der Waals surface area (Å²) in [4.78, 5) is 75.4. The Morgan fingerprint density at radius 2 is 1.21 bits per heavy atom. The minimum atomic E-state index is -1.25. The Hall–Kier alpha value is -5.48. The lowest BCUT2D eigenvalue weighted by Gasteiger charge is -2.21. The Morgan fingerprint density at radius 3 is 1.71 bits per heavy atom. The predicted molar refractivity (Wildman–Crippen MR) is 170 cm³/mol. The summed E-state index contributed by atoms with van der Waals surface area (Å²) < 4.78 is 17.0. The third kappa shape index (κ3) is 10.8. The number of carboxylic acid groups (broad SMARTS) is 4. The summed E-state index contributed by atoms with van der Waals surface area (Å²) in [5.41, 5.74) is 0.0639. The van der Waals surface area contributed by atoms with Gasteiger partial charge in [-0.25, -0.2) is 4.79 Å². The van der Waals surface area contributed by atoms with E-state index in [-0.39, 0.29) is 48.9 Å². The van der Waals surface area contributed by atoms with Gasteiger partial charge in [0, 0.05) is 48.9 Å². The molecule has 0 aliphatic carbocycles. The number of anilines is 1. The van der Waals surface area contributed by atoms with Crippen molar-refractivity contribution in [1.82, 2.24) is 9.80 Å². The number of aliphatic carboxylic acids is 4. The first kappa shape index (κ1) is 37.0. The fraction of sp³-hybridized carbons (Fsp3) is 0.375. The van der Waals surface area contributed by atoms with Crippen LogP contribution in [0.3, 0.4) is 0 Å². The number of ketones is 1. The van der Waals surface area contributed by atoms with Crippen LogP contribution in [-0.2, 0) is 19.2 Å². The van der Waals surface area contributed by atoms with Gasteiger partial charge in [-0.3, -0.25) is 33.8 Å². The summed E-state index contributed by atoms with van der Waals surface area (Å²) in [5.74, 6) is -5.63. The van der Waals surface area contributed by atoms with Gasteiger partial charge >= 0.3 is 29.5 Å². The highest BCUT2D eigenvalue weighted by molar-refractivity contribution is 6.10. The van der Waals surface area contributed by atoms with Crippen molar-refractivity contribution in [1.29, 1.82) is 0 Å². The topological polar surface area (TPSA) is 225 Å². The zero-order valence-electron chi connectivity index (χ0n) is 26.4. The number of carbonyl (C=O) groups is 5. The molecular formula is C32H37N3O13. The summed E-state index contributed by atoms with van der Waals surface area (Å²) >= 11 is 0. The van der Waals surface area contributed by atoms with Gasteiger partial charge < -0.3 is 39.2 Å². The Morgan fingerprint density at radius 1 is 0.688 bits per heavy atom. The van der Waals surface area contributed by atoms with E-state index in [0.29, 0.717) is 11.0 Å². The number of hydrogen-bond donors (Lipinski definition) is 4. The van der Waals surface area contributed by atoms with Gasteiger partial charge in [-0.1, -0.05) is 0 Å². The molecule has 258 valence electrons. The fourth-order valence-electron chi connectivity index (χ4n) is 4.84. The van der Waals surface area contributed by atoms with Gasteiger partial charge in [0.15, 0.2) is 11.5 Å². The summed E-state index contributed by atoms with van der Waals surface area (Å²) in [7, 11) is 0. The molecule has 0 fully saturated rings. The summed E-state index contributed by atoms with van der Waals surface area (Å²) in [5, 5.41) is 36.9. The maximum absolute atomic E-state index is 13.6. The van der Waals surface area contributed by atoms with E-state index in [9.17, 15) is 28.8 Å². The van der Waals surface area contributed by atoms with Crippen LogP contribution in [0.5, 0.6) is 11.5 Å². The lowest BCUT2D eigenvalue weighted by Crippen LogP contribution is -2.37. The molecule has 1 heterocycles. The minimum absolute atomic E-state index is 0.00932. The molecule has 0 saturated heterocycles. The van der Waals surface area contributed by atoms with Gasteiger partial charge in [0.1, 0.15) is 24.4 Å². The van der Waals surface area contributed by atoms with E-state index in [1.165, 1.54) is 24.3 Å². The van der Waals surface area contributed by atoms with E-state index in [1.54, 1.807) is 12.1 Å². The van der Waals surface area contributed by atoms with E-state index in [4.69, 9.17) is 34.3 Å². The minimum Gasteiger partial charge on any atom is -0.488 e. The average molecular weight is 672 g/mol. The summed E-state index contributed by atoms with van der Waals surface area (Å²) in [6.45, 7) is 2.57. The van der Waals surface area contributed by atoms with Crippen molar-refractivity contribution in [2.75, 3.05) is 70.5 Å². The largest absolute Gasteiger partial charge is 0.488 e. The quantitative estimate of drug-likeness (QED) is 0.0931. The Kier molecular flexibility index (Phi) is 13.4. The fourth-order valence-corrected chi connectivity index (χ4v) is 4.84. The van der Waals surface area contributed by atoms with Gasteiger partial charge in [0.25, 0.3) is 0 Å². The third-order valence-corrected chi connectivity index (χ3v) is 7.06. The first-order valence-electron chi connectivity index (χ1n) is 14.9. The van der Waals surface area contributed by atoms with Crippen LogP contribution in [0.25, 0.3) is 11.0 Å². The van der Waals surface area contributed by atoms with E-state index in [2.05, 4.69) is 4.90 Å². The molecule has 48 heavy (non-hydrogen) atoms. The van der Waals surface area contributed by atoms with Crippen molar-refractivity contribution in [3.63, 3.8) is 0 Å². The standard InChI is InChI=1S/C32H37N3O13/c1-3-35(4-2)22-7-5-20-13-23(32(45)48-25(20)15-22)31(44)21-6-8-24(46-11-9-33(16-27(36)37)17-28(38)39)26(14-21)47-12-10-34(18-29(40)41)19-30(42)43/h5-8,13-15H,3-4,9-12,16-19H2,1-2H3,(H,36,37)(H,38,39)(H,40,41)(H,42,43). The van der Waals surface area contributed by atoms with Gasteiger partial charge in [-0.15, -0.1) is 0 Å². The maximum Gasteiger partial charge on any atom is 0.347 e. The van der Waals surface area contributed by atoms with Crippen molar-refractivity contribution >= 4 is 46.3 Å². The molecule has 3 aromatic rings. The van der Waals surface area contributed by atoms with Crippen molar-refractivity contribution in [2.24, 2.45) is 0 Å². The molecular weight excluding hydrogens is 634 g/mol. The van der Waals surface area contributed by atoms with Crippen LogP contribution in [-0.4, -0.2) is 125 Å². The zero-order chi connectivity index (χ0) is 35.4. The number of carbonyl (C=O) groups excluding carboxylic acids is 1. The Bertz CT molecular complexity index is 1670. The average Bonchev–Trinajstić information content (AvgIpc) is 3.00. The molecule has 0 radical (unpaired) electrons. The molecule has 0 aliphatic heterocycles. The van der Waals surface area contributed by atoms with E-state index in [0.717, 1.165) is 28.6 Å². The Labute approximate surface area is 274 Å². The monoisotopic (exact) mass is 671 g/mol. The molecule has 0 unspecified atom stereocenters. The molecule has 4 N–H and O–H groups in total. The maximum atomic E-state index is 13.6. The zero-order valence-corrected chi connectivity index (χ0v) is 26.4. The van der Waals surface area contributed by atoms with Crippen molar-refractivity contribution in [2.45, 2.75) is 13.8 Å². The number of ether oxygens (including phenoxy) is 2. The summed E-state index contributed by atoms with van der Waals surface area (Å²) in [6.07, 6.45) is 0. The van der Waals surface area contributed by atoms with Gasteiger partial charge in [-0.2, -0.15) is 0 Å². The smallest absolute Gasteiger partial charge is 0.347 e. The van der Waals surface area contributed by atoms with Crippen molar-refractivity contribution < 1.29 is 58.3 Å². The number of rotatable bonds is 21. The second-order valence-electron chi connectivity index (χ2n) is 10.5. The van der Waals surface area contributed by atoms with Crippen LogP contribution < -0.4 is 20.0 Å². The molecule has 16 heteroatoms. The molecule has 3 rings (SSSR count). The van der Waals surface area contributed by atoms with Crippen LogP contribution >= 0.6 is 0 Å². The van der Waals surface area contributed by atoms with Crippen LogP contribution in [0.1, 0.15) is 29.8 Å². The summed E-state index contributed by atoms with van der Waals surface area (Å²) in [6, 6.07) is 10.8. The second kappa shape index (κ2) is 17.4. The third-order valence-electron chi connectivity index (χ3n) is 7.06. The number of fused-ring (bicyclic) bond motifs is 1. The van der Waals surface area contributed by atoms with Crippen molar-refractivity contribution in [3.05, 3.63) is 64.0 Å². The molecule has 0 atom stereocenters. The van der Waals surface area contributed by atoms with Crippen LogP contribution in [0, 0.1) is 0 Å². The molecule has 1 aromatic heterocycles. The molecule has 16 nitrogen and oxygen atoms in total. The van der Waals surface area contributed by atoms with Crippen LogP contribution in [0.4, 0.5) is 5.69 Å². The van der Waals surface area contributed by atoms with Gasteiger partial charge in [-0.05, 0) is 50.2 Å². The van der Waals surface area contributed by atoms with E-state index in [1.807, 2.05) is 19.9 Å². The SMILES string of the molecule is CCN(CC)c1ccc2cc(C(=O)c3ccc(OCCN(CC(=O)O)CC(=O)O)c(OCCN(CC(=O)O)CC(=O)O)c3)c(=O)oc2c1. The predicted octanol–water partition coefficient (Wildman–Crippen LogP) is 1.57. The molecule has 0 saturated carbocycles. The number of hydrogen-bond acceptors (Lipinski definition) is 12. The van der Waals surface area contributed by atoms with E-state index < -0.39 is 61.5 Å². The lowest BCUT2D eigenvalue weighted by atomic mass is 10.0. The second-order valence-corrected chi connectivity index (χ2v) is 10.5.